The molecule has 1 heterocycles. The van der Waals surface area contributed by atoms with Gasteiger partial charge in [0, 0.05) is 24.5 Å². The normalized spacial score (nSPS) is 11.1. The Balaban J connectivity index is 1.55. The summed E-state index contributed by atoms with van der Waals surface area (Å²) in [5.41, 5.74) is 3.87. The van der Waals surface area contributed by atoms with E-state index in [-0.39, 0.29) is 5.91 Å². The third-order valence-corrected chi connectivity index (χ3v) is 4.88. The Bertz CT molecular complexity index is 1140. The fourth-order valence-corrected chi connectivity index (χ4v) is 3.42. The van der Waals surface area contributed by atoms with Gasteiger partial charge in [-0.25, -0.2) is 0 Å². The van der Waals surface area contributed by atoms with Gasteiger partial charge in [-0.15, -0.1) is 0 Å². The topological polar surface area (TPSA) is 45.3 Å². The Morgan fingerprint density at radius 1 is 0.963 bits per heavy atom. The number of carbonyl (C=O) groups excluding carboxylic acids is 1. The zero-order valence-corrected chi connectivity index (χ0v) is 15.7. The van der Waals surface area contributed by atoms with E-state index in [2.05, 4.69) is 36.2 Å². The first-order valence-electron chi connectivity index (χ1n) is 8.95. The lowest BCUT2D eigenvalue weighted by molar-refractivity contribution is 0.0780. The highest BCUT2D eigenvalue weighted by atomic mass is 16.5. The van der Waals surface area contributed by atoms with Crippen molar-refractivity contribution in [2.24, 2.45) is 0 Å². The number of aromatic nitrogens is 1. The van der Waals surface area contributed by atoms with Gasteiger partial charge in [-0.05, 0) is 59.7 Å². The van der Waals surface area contributed by atoms with E-state index in [1.807, 2.05) is 43.4 Å². The summed E-state index contributed by atoms with van der Waals surface area (Å²) in [7, 11) is 3.50. The molecule has 0 bridgehead atoms. The third-order valence-electron chi connectivity index (χ3n) is 4.88. The van der Waals surface area contributed by atoms with Gasteiger partial charge in [0.25, 0.3) is 5.91 Å². The largest absolute Gasteiger partial charge is 0.497 e. The van der Waals surface area contributed by atoms with Gasteiger partial charge in [-0.1, -0.05) is 29.8 Å². The number of carbonyl (C=O) groups is 1. The minimum atomic E-state index is -0.0151. The molecule has 0 aliphatic heterocycles. The Kier molecular flexibility index (Phi) is 4.32. The van der Waals surface area contributed by atoms with Crippen LogP contribution in [0.15, 0.2) is 60.7 Å². The van der Waals surface area contributed by atoms with Crippen LogP contribution in [-0.2, 0) is 6.54 Å². The van der Waals surface area contributed by atoms with E-state index in [9.17, 15) is 4.79 Å². The van der Waals surface area contributed by atoms with Crippen LogP contribution in [0.25, 0.3) is 21.7 Å². The predicted octanol–water partition coefficient (Wildman–Crippen LogP) is 4.91. The fraction of sp³-hybridized carbons (Fsp3) is 0.174. The highest BCUT2D eigenvalue weighted by molar-refractivity contribution is 5.98. The van der Waals surface area contributed by atoms with Crippen LogP contribution in [0, 0.1) is 6.92 Å². The number of aromatic amines is 1. The smallest absolute Gasteiger partial charge is 0.270 e. The van der Waals surface area contributed by atoms with Crippen molar-refractivity contribution in [3.05, 3.63) is 77.5 Å². The molecule has 0 atom stereocenters. The average Bonchev–Trinajstić information content (AvgIpc) is 3.09. The molecule has 1 N–H and O–H groups in total. The molecule has 1 amide bonds. The van der Waals surface area contributed by atoms with E-state index < -0.39 is 0 Å². The molecular weight excluding hydrogens is 336 g/mol. The second-order valence-electron chi connectivity index (χ2n) is 6.98. The Morgan fingerprint density at radius 3 is 2.56 bits per heavy atom. The van der Waals surface area contributed by atoms with Crippen LogP contribution in [0.1, 0.15) is 21.6 Å². The minimum absolute atomic E-state index is 0.0151. The number of nitrogens with one attached hydrogen (secondary N) is 1. The van der Waals surface area contributed by atoms with Gasteiger partial charge in [0.2, 0.25) is 0 Å². The van der Waals surface area contributed by atoms with Crippen LogP contribution in [0.2, 0.25) is 0 Å². The molecule has 0 saturated carbocycles. The average molecular weight is 358 g/mol. The molecule has 136 valence electrons. The van der Waals surface area contributed by atoms with Gasteiger partial charge in [-0.3, -0.25) is 4.79 Å². The lowest BCUT2D eigenvalue weighted by Gasteiger charge is -2.17. The van der Waals surface area contributed by atoms with E-state index in [0.717, 1.165) is 33.0 Å². The SMILES string of the molecule is COc1ccc2cc(CN(C)C(=O)c3cc4cc(C)ccc4[nH]3)ccc2c1. The first kappa shape index (κ1) is 17.2. The molecule has 0 aliphatic rings. The minimum Gasteiger partial charge on any atom is -0.497 e. The predicted molar refractivity (Wildman–Crippen MR) is 109 cm³/mol. The second kappa shape index (κ2) is 6.80. The molecule has 4 heteroatoms. The second-order valence-corrected chi connectivity index (χ2v) is 6.98. The van der Waals surface area contributed by atoms with Gasteiger partial charge < -0.3 is 14.6 Å². The molecule has 27 heavy (non-hydrogen) atoms. The van der Waals surface area contributed by atoms with E-state index in [0.29, 0.717) is 12.2 Å². The van der Waals surface area contributed by atoms with E-state index in [1.165, 1.54) is 5.56 Å². The summed E-state index contributed by atoms with van der Waals surface area (Å²) >= 11 is 0. The van der Waals surface area contributed by atoms with E-state index in [4.69, 9.17) is 4.74 Å². The summed E-state index contributed by atoms with van der Waals surface area (Å²) < 4.78 is 5.27. The van der Waals surface area contributed by atoms with Crippen molar-refractivity contribution in [1.29, 1.82) is 0 Å². The number of rotatable bonds is 4. The number of hydrogen-bond acceptors (Lipinski definition) is 2. The van der Waals surface area contributed by atoms with Crippen molar-refractivity contribution in [2.75, 3.05) is 14.2 Å². The molecular formula is C23H22N2O2. The Morgan fingerprint density at radius 2 is 1.74 bits per heavy atom. The molecule has 0 spiro atoms. The summed E-state index contributed by atoms with van der Waals surface area (Å²) in [5.74, 6) is 0.829. The van der Waals surface area contributed by atoms with Crippen LogP contribution in [0.5, 0.6) is 5.75 Å². The molecule has 4 nitrogen and oxygen atoms in total. The first-order chi connectivity index (χ1) is 13.0. The Labute approximate surface area is 158 Å². The zero-order chi connectivity index (χ0) is 19.0. The molecule has 1 aromatic heterocycles. The van der Waals surface area contributed by atoms with Gasteiger partial charge >= 0.3 is 0 Å². The van der Waals surface area contributed by atoms with Crippen LogP contribution >= 0.6 is 0 Å². The van der Waals surface area contributed by atoms with Crippen molar-refractivity contribution < 1.29 is 9.53 Å². The van der Waals surface area contributed by atoms with Crippen molar-refractivity contribution in [2.45, 2.75) is 13.5 Å². The number of fused-ring (bicyclic) bond motifs is 2. The molecule has 3 aromatic carbocycles. The number of H-pyrrole nitrogens is 1. The van der Waals surface area contributed by atoms with Crippen molar-refractivity contribution in [3.63, 3.8) is 0 Å². The number of benzene rings is 3. The highest BCUT2D eigenvalue weighted by Crippen LogP contribution is 2.23. The summed E-state index contributed by atoms with van der Waals surface area (Å²) in [5, 5.41) is 3.32. The van der Waals surface area contributed by atoms with E-state index >= 15 is 0 Å². The summed E-state index contributed by atoms with van der Waals surface area (Å²) in [6.07, 6.45) is 0. The number of aryl methyl sites for hydroxylation is 1. The van der Waals surface area contributed by atoms with Crippen molar-refractivity contribution in [1.82, 2.24) is 9.88 Å². The number of hydrogen-bond donors (Lipinski definition) is 1. The van der Waals surface area contributed by atoms with Crippen LogP contribution < -0.4 is 4.74 Å². The maximum absolute atomic E-state index is 12.8. The number of ether oxygens (including phenoxy) is 1. The first-order valence-corrected chi connectivity index (χ1v) is 8.95. The number of methoxy groups -OCH3 is 1. The lowest BCUT2D eigenvalue weighted by Crippen LogP contribution is -2.26. The van der Waals surface area contributed by atoms with E-state index in [1.54, 1.807) is 12.0 Å². The molecule has 0 saturated heterocycles. The molecule has 4 aromatic rings. The standard InChI is InChI=1S/C23H22N2O2/c1-15-4-9-21-19(10-15)13-22(24-21)23(26)25(2)14-16-5-6-18-12-20(27-3)8-7-17(18)11-16/h4-13,24H,14H2,1-3H3. The quantitative estimate of drug-likeness (QED) is 0.563. The van der Waals surface area contributed by atoms with Gasteiger partial charge in [-0.2, -0.15) is 0 Å². The highest BCUT2D eigenvalue weighted by Gasteiger charge is 2.15. The van der Waals surface area contributed by atoms with Crippen LogP contribution in [0.3, 0.4) is 0 Å². The zero-order valence-electron chi connectivity index (χ0n) is 15.7. The van der Waals surface area contributed by atoms with Crippen molar-refractivity contribution in [3.8, 4) is 5.75 Å². The van der Waals surface area contributed by atoms with Gasteiger partial charge in [0.1, 0.15) is 11.4 Å². The lowest BCUT2D eigenvalue weighted by atomic mass is 10.1. The maximum Gasteiger partial charge on any atom is 0.270 e. The Hall–Kier alpha value is -3.27. The summed E-state index contributed by atoms with van der Waals surface area (Å²) in [4.78, 5) is 17.8. The number of nitrogens with zero attached hydrogens (tertiary/aromatic N) is 1. The van der Waals surface area contributed by atoms with Crippen LogP contribution in [-0.4, -0.2) is 29.9 Å². The molecule has 0 aliphatic carbocycles. The van der Waals surface area contributed by atoms with Gasteiger partial charge in [0.05, 0.1) is 7.11 Å². The maximum atomic E-state index is 12.8. The van der Waals surface area contributed by atoms with Crippen molar-refractivity contribution >= 4 is 27.6 Å². The summed E-state index contributed by atoms with van der Waals surface area (Å²) in [6, 6.07) is 20.3. The number of amides is 1. The molecule has 4 rings (SSSR count). The fourth-order valence-electron chi connectivity index (χ4n) is 3.42. The third kappa shape index (κ3) is 3.38. The summed E-state index contributed by atoms with van der Waals surface area (Å²) in [6.45, 7) is 2.60. The van der Waals surface area contributed by atoms with Crippen LogP contribution in [0.4, 0.5) is 0 Å². The monoisotopic (exact) mass is 358 g/mol. The van der Waals surface area contributed by atoms with Gasteiger partial charge in [0.15, 0.2) is 0 Å². The molecule has 0 radical (unpaired) electrons. The molecule has 0 fully saturated rings. The molecule has 0 unspecified atom stereocenters.